The molecule has 1 saturated heterocycles. The Morgan fingerprint density at radius 1 is 0.921 bits per heavy atom. The molecule has 8 nitrogen and oxygen atoms in total. The maximum atomic E-state index is 13.3. The van der Waals surface area contributed by atoms with E-state index in [9.17, 15) is 36.3 Å². The number of halogens is 4. The van der Waals surface area contributed by atoms with Crippen LogP contribution < -0.4 is 10.2 Å². The molecule has 1 fully saturated rings. The summed E-state index contributed by atoms with van der Waals surface area (Å²) in [4.78, 5) is 25.9. The van der Waals surface area contributed by atoms with Crippen molar-refractivity contribution in [2.75, 3.05) is 36.4 Å². The van der Waals surface area contributed by atoms with E-state index in [0.717, 1.165) is 12.1 Å². The highest BCUT2D eigenvalue weighted by atomic mass is 79.9. The third-order valence-electron chi connectivity index (χ3n) is 5.97. The fraction of sp³-hybridized carbons (Fsp3) is 0.200. The number of nitrogens with zero attached hydrogens (tertiary/aromatic N) is 2. The maximum Gasteiger partial charge on any atom is 0.416 e. The van der Waals surface area contributed by atoms with E-state index >= 15 is 0 Å². The molecule has 0 spiro atoms. The molecule has 0 aromatic heterocycles. The minimum absolute atomic E-state index is 0.00735. The van der Waals surface area contributed by atoms with Crippen LogP contribution in [0.1, 0.15) is 26.3 Å². The number of rotatable bonds is 6. The first-order chi connectivity index (χ1) is 17.9. The van der Waals surface area contributed by atoms with Crippen LogP contribution in [0.3, 0.4) is 0 Å². The third-order valence-corrected chi connectivity index (χ3v) is 8.36. The number of carboxylic acids is 1. The largest absolute Gasteiger partial charge is 0.478 e. The van der Waals surface area contributed by atoms with Crippen molar-refractivity contribution in [3.8, 4) is 0 Å². The number of amides is 1. The van der Waals surface area contributed by atoms with E-state index in [1.54, 1.807) is 17.0 Å². The van der Waals surface area contributed by atoms with E-state index in [1.807, 2.05) is 0 Å². The van der Waals surface area contributed by atoms with Crippen molar-refractivity contribution in [2.24, 2.45) is 0 Å². The van der Waals surface area contributed by atoms with Crippen molar-refractivity contribution in [3.63, 3.8) is 0 Å². The first-order valence-electron chi connectivity index (χ1n) is 11.2. The van der Waals surface area contributed by atoms with Crippen LogP contribution in [0.25, 0.3) is 0 Å². The molecule has 1 aliphatic heterocycles. The van der Waals surface area contributed by atoms with Gasteiger partial charge >= 0.3 is 12.1 Å². The van der Waals surface area contributed by atoms with Crippen LogP contribution in [0.5, 0.6) is 0 Å². The molecule has 1 aliphatic rings. The van der Waals surface area contributed by atoms with Crippen molar-refractivity contribution in [3.05, 3.63) is 87.9 Å². The van der Waals surface area contributed by atoms with Gasteiger partial charge in [0.25, 0.3) is 5.91 Å². The number of hydrogen-bond donors (Lipinski definition) is 2. The number of anilines is 2. The van der Waals surface area contributed by atoms with E-state index in [2.05, 4.69) is 21.2 Å². The van der Waals surface area contributed by atoms with Gasteiger partial charge < -0.3 is 15.3 Å². The molecule has 0 radical (unpaired) electrons. The highest BCUT2D eigenvalue weighted by Crippen LogP contribution is 2.32. The monoisotopic (exact) mass is 611 g/mol. The predicted octanol–water partition coefficient (Wildman–Crippen LogP) is 4.93. The van der Waals surface area contributed by atoms with Crippen LogP contribution >= 0.6 is 15.9 Å². The van der Waals surface area contributed by atoms with Crippen molar-refractivity contribution in [1.82, 2.24) is 4.31 Å². The maximum absolute atomic E-state index is 13.3. The standard InChI is InChI=1S/C25H21BrF3N3O5S/c26-18-7-8-22(21(15-18)24(34)35)30-23(33)16-3-1-6-20(13-16)38(36,37)32-11-9-31(10-12-32)19-5-2-4-17(14-19)25(27,28)29/h1-8,13-15H,9-12H2,(H,30,33)(H,34,35). The molecule has 3 aromatic carbocycles. The number of carboxylic acid groups (broad SMARTS) is 1. The van der Waals surface area contributed by atoms with Gasteiger partial charge in [0.2, 0.25) is 10.0 Å². The normalized spacial score (nSPS) is 14.8. The topological polar surface area (TPSA) is 107 Å². The Bertz CT molecular complexity index is 1490. The highest BCUT2D eigenvalue weighted by molar-refractivity contribution is 9.10. The Morgan fingerprint density at radius 3 is 2.26 bits per heavy atom. The zero-order valence-electron chi connectivity index (χ0n) is 19.6. The van der Waals surface area contributed by atoms with Gasteiger partial charge in [-0.05, 0) is 54.6 Å². The van der Waals surface area contributed by atoms with Gasteiger partial charge in [0.1, 0.15) is 0 Å². The van der Waals surface area contributed by atoms with Gasteiger partial charge in [-0.15, -0.1) is 0 Å². The van der Waals surface area contributed by atoms with E-state index in [-0.39, 0.29) is 47.9 Å². The van der Waals surface area contributed by atoms with Crippen molar-refractivity contribution < 1.29 is 36.3 Å². The van der Waals surface area contributed by atoms with Crippen LogP contribution in [0, 0.1) is 0 Å². The Hall–Kier alpha value is -3.42. The summed E-state index contributed by atoms with van der Waals surface area (Å²) >= 11 is 3.18. The quantitative estimate of drug-likeness (QED) is 0.409. The average Bonchev–Trinajstić information content (AvgIpc) is 2.89. The number of aromatic carboxylic acids is 1. The first kappa shape index (κ1) is 27.6. The van der Waals surface area contributed by atoms with Gasteiger partial charge in [0, 0.05) is 41.9 Å². The fourth-order valence-corrected chi connectivity index (χ4v) is 5.84. The predicted molar refractivity (Wildman–Crippen MR) is 138 cm³/mol. The summed E-state index contributed by atoms with van der Waals surface area (Å²) in [6, 6.07) is 14.5. The number of alkyl halides is 3. The van der Waals surface area contributed by atoms with Gasteiger partial charge in [-0.1, -0.05) is 28.1 Å². The number of nitrogens with one attached hydrogen (secondary N) is 1. The molecule has 0 unspecified atom stereocenters. The lowest BCUT2D eigenvalue weighted by Gasteiger charge is -2.35. The molecule has 38 heavy (non-hydrogen) atoms. The number of carbonyl (C=O) groups excluding carboxylic acids is 1. The van der Waals surface area contributed by atoms with Gasteiger partial charge in [-0.25, -0.2) is 13.2 Å². The lowest BCUT2D eigenvalue weighted by molar-refractivity contribution is -0.137. The number of sulfonamides is 1. The fourth-order valence-electron chi connectivity index (χ4n) is 4.01. The molecule has 0 atom stereocenters. The van der Waals surface area contributed by atoms with Crippen molar-refractivity contribution in [2.45, 2.75) is 11.1 Å². The van der Waals surface area contributed by atoms with Gasteiger partial charge in [0.05, 0.1) is 21.7 Å². The third kappa shape index (κ3) is 6.00. The van der Waals surface area contributed by atoms with E-state index in [1.165, 1.54) is 46.8 Å². The summed E-state index contributed by atoms with van der Waals surface area (Å²) < 4.78 is 67.5. The zero-order valence-corrected chi connectivity index (χ0v) is 22.0. The molecule has 4 rings (SSSR count). The Labute approximate surface area is 224 Å². The summed E-state index contributed by atoms with van der Waals surface area (Å²) in [5.41, 5.74) is -0.518. The SMILES string of the molecule is O=C(Nc1ccc(Br)cc1C(=O)O)c1cccc(S(=O)(=O)N2CCN(c3cccc(C(F)(F)F)c3)CC2)c1. The molecular formula is C25H21BrF3N3O5S. The second-order valence-corrected chi connectivity index (χ2v) is 11.3. The Morgan fingerprint density at radius 2 is 1.61 bits per heavy atom. The molecule has 0 bridgehead atoms. The van der Waals surface area contributed by atoms with Gasteiger partial charge in [-0.2, -0.15) is 17.5 Å². The van der Waals surface area contributed by atoms with Gasteiger partial charge in [-0.3, -0.25) is 4.79 Å². The summed E-state index contributed by atoms with van der Waals surface area (Å²) in [7, 11) is -4.01. The van der Waals surface area contributed by atoms with E-state index in [0.29, 0.717) is 10.2 Å². The first-order valence-corrected chi connectivity index (χ1v) is 13.5. The minimum atomic E-state index is -4.48. The number of carbonyl (C=O) groups is 2. The second kappa shape index (κ2) is 10.8. The molecule has 1 amide bonds. The Kier molecular flexibility index (Phi) is 7.81. The summed E-state index contributed by atoms with van der Waals surface area (Å²) in [5, 5.41) is 11.9. The Balaban J connectivity index is 1.48. The summed E-state index contributed by atoms with van der Waals surface area (Å²) in [5.74, 6) is -1.94. The smallest absolute Gasteiger partial charge is 0.416 e. The van der Waals surface area contributed by atoms with Crippen molar-refractivity contribution in [1.29, 1.82) is 0 Å². The zero-order chi connectivity index (χ0) is 27.7. The molecule has 13 heteroatoms. The summed E-state index contributed by atoms with van der Waals surface area (Å²) in [6.07, 6.45) is -4.48. The van der Waals surface area contributed by atoms with Gasteiger partial charge in [0.15, 0.2) is 0 Å². The van der Waals surface area contributed by atoms with E-state index in [4.69, 9.17) is 0 Å². The molecule has 0 saturated carbocycles. The van der Waals surface area contributed by atoms with E-state index < -0.39 is 33.6 Å². The lowest BCUT2D eigenvalue weighted by Crippen LogP contribution is -2.48. The van der Waals surface area contributed by atoms with Crippen LogP contribution in [0.4, 0.5) is 24.5 Å². The highest BCUT2D eigenvalue weighted by Gasteiger charge is 2.32. The number of hydrogen-bond acceptors (Lipinski definition) is 5. The molecule has 1 heterocycles. The van der Waals surface area contributed by atoms with Crippen LogP contribution in [-0.2, 0) is 16.2 Å². The molecule has 3 aromatic rings. The number of benzene rings is 3. The van der Waals surface area contributed by atoms with Crippen LogP contribution in [0.2, 0.25) is 0 Å². The summed E-state index contributed by atoms with van der Waals surface area (Å²) in [6.45, 7) is 0.441. The molecule has 2 N–H and O–H groups in total. The number of piperazine rings is 1. The van der Waals surface area contributed by atoms with Crippen LogP contribution in [-0.4, -0.2) is 55.9 Å². The van der Waals surface area contributed by atoms with Crippen molar-refractivity contribution >= 4 is 49.2 Å². The average molecular weight is 612 g/mol. The molecular weight excluding hydrogens is 591 g/mol. The second-order valence-electron chi connectivity index (χ2n) is 8.42. The van der Waals surface area contributed by atoms with Crippen LogP contribution in [0.15, 0.2) is 76.1 Å². The molecule has 200 valence electrons. The lowest BCUT2D eigenvalue weighted by atomic mass is 10.1. The minimum Gasteiger partial charge on any atom is -0.478 e. The molecule has 0 aliphatic carbocycles.